The Bertz CT molecular complexity index is 620. The number of thioether (sulfide) groups is 1. The molecule has 27 heavy (non-hydrogen) atoms. The van der Waals surface area contributed by atoms with Crippen LogP contribution in [0.15, 0.2) is 29.3 Å². The van der Waals surface area contributed by atoms with Crippen LogP contribution in [0.4, 0.5) is 0 Å². The van der Waals surface area contributed by atoms with Crippen molar-refractivity contribution >= 4 is 23.6 Å². The number of aliphatic imine (C=N–C) groups is 1. The van der Waals surface area contributed by atoms with Gasteiger partial charge < -0.3 is 15.5 Å². The summed E-state index contributed by atoms with van der Waals surface area (Å²) in [6.07, 6.45) is 2.56. The van der Waals surface area contributed by atoms with Gasteiger partial charge in [0.25, 0.3) is 5.91 Å². The van der Waals surface area contributed by atoms with E-state index in [4.69, 9.17) is 4.99 Å². The Balaban J connectivity index is 1.95. The third-order valence-corrected chi connectivity index (χ3v) is 6.48. The molecular weight excluding hydrogens is 356 g/mol. The molecule has 0 bridgehead atoms. The van der Waals surface area contributed by atoms with Gasteiger partial charge in [0.2, 0.25) is 0 Å². The van der Waals surface area contributed by atoms with E-state index in [9.17, 15) is 4.79 Å². The van der Waals surface area contributed by atoms with Gasteiger partial charge in [-0.05, 0) is 64.0 Å². The minimum atomic E-state index is 0.0902. The van der Waals surface area contributed by atoms with Gasteiger partial charge in [-0.1, -0.05) is 12.1 Å². The van der Waals surface area contributed by atoms with Crippen molar-refractivity contribution in [2.24, 2.45) is 4.99 Å². The Hall–Kier alpha value is -1.69. The fraction of sp³-hybridized carbons (Fsp3) is 0.619. The van der Waals surface area contributed by atoms with Gasteiger partial charge in [0, 0.05) is 36.5 Å². The largest absolute Gasteiger partial charge is 0.357 e. The van der Waals surface area contributed by atoms with Crippen LogP contribution in [0, 0.1) is 0 Å². The van der Waals surface area contributed by atoms with E-state index in [1.807, 2.05) is 54.8 Å². The molecule has 1 heterocycles. The van der Waals surface area contributed by atoms with Crippen LogP contribution in [0.5, 0.6) is 0 Å². The van der Waals surface area contributed by atoms with E-state index in [1.54, 1.807) is 0 Å². The van der Waals surface area contributed by atoms with Crippen molar-refractivity contribution < 1.29 is 4.79 Å². The average molecular weight is 391 g/mol. The van der Waals surface area contributed by atoms with E-state index in [-0.39, 0.29) is 5.91 Å². The van der Waals surface area contributed by atoms with Gasteiger partial charge in [0.15, 0.2) is 5.96 Å². The summed E-state index contributed by atoms with van der Waals surface area (Å²) in [6, 6.07) is 7.81. The minimum absolute atomic E-state index is 0.0902. The van der Waals surface area contributed by atoms with Crippen molar-refractivity contribution in [2.75, 3.05) is 31.9 Å². The average Bonchev–Trinajstić information content (AvgIpc) is 3.12. The standard InChI is InChI=1S/C21H34N4OS/c1-5-22-20(24-16-21(4)13-8-14-27-21)23-15-17-9-11-18(12-10-17)19(26)25(6-2)7-3/h9-12H,5-8,13-16H2,1-4H3,(H2,22,23,24). The second kappa shape index (κ2) is 10.6. The van der Waals surface area contributed by atoms with E-state index in [0.29, 0.717) is 11.3 Å². The summed E-state index contributed by atoms with van der Waals surface area (Å²) in [6.45, 7) is 12.2. The van der Waals surface area contributed by atoms with Crippen LogP contribution in [0.25, 0.3) is 0 Å². The Labute approximate surface area is 168 Å². The number of guanidine groups is 1. The number of amides is 1. The highest BCUT2D eigenvalue weighted by atomic mass is 32.2. The highest BCUT2D eigenvalue weighted by Crippen LogP contribution is 2.36. The smallest absolute Gasteiger partial charge is 0.253 e. The lowest BCUT2D eigenvalue weighted by Crippen LogP contribution is -2.43. The first-order valence-corrected chi connectivity index (χ1v) is 11.0. The van der Waals surface area contributed by atoms with Crippen LogP contribution in [-0.4, -0.2) is 53.4 Å². The summed E-state index contributed by atoms with van der Waals surface area (Å²) >= 11 is 2.05. The molecular formula is C21H34N4OS. The molecule has 1 atom stereocenters. The number of nitrogens with one attached hydrogen (secondary N) is 2. The second-order valence-electron chi connectivity index (χ2n) is 7.13. The first-order chi connectivity index (χ1) is 13.0. The Kier molecular flexibility index (Phi) is 8.48. The molecule has 150 valence electrons. The highest BCUT2D eigenvalue weighted by Gasteiger charge is 2.29. The summed E-state index contributed by atoms with van der Waals surface area (Å²) in [7, 11) is 0. The van der Waals surface area contributed by atoms with Gasteiger partial charge in [-0.25, -0.2) is 4.99 Å². The zero-order valence-corrected chi connectivity index (χ0v) is 18.0. The van der Waals surface area contributed by atoms with Crippen LogP contribution in [0.1, 0.15) is 56.5 Å². The maximum Gasteiger partial charge on any atom is 0.253 e. The summed E-state index contributed by atoms with van der Waals surface area (Å²) in [5.41, 5.74) is 1.84. The molecule has 1 amide bonds. The number of carbonyl (C=O) groups is 1. The van der Waals surface area contributed by atoms with E-state index in [2.05, 4.69) is 24.5 Å². The van der Waals surface area contributed by atoms with Crippen LogP contribution in [-0.2, 0) is 6.54 Å². The highest BCUT2D eigenvalue weighted by molar-refractivity contribution is 8.00. The molecule has 0 saturated carbocycles. The molecule has 1 fully saturated rings. The number of rotatable bonds is 8. The SMILES string of the molecule is CCNC(=NCc1ccc(C(=O)N(CC)CC)cc1)NCC1(C)CCCS1. The van der Waals surface area contributed by atoms with Crippen molar-refractivity contribution in [3.63, 3.8) is 0 Å². The van der Waals surface area contributed by atoms with Gasteiger partial charge in [-0.2, -0.15) is 11.8 Å². The van der Waals surface area contributed by atoms with Crippen molar-refractivity contribution in [2.45, 2.75) is 51.8 Å². The van der Waals surface area contributed by atoms with Gasteiger partial charge >= 0.3 is 0 Å². The van der Waals surface area contributed by atoms with E-state index >= 15 is 0 Å². The molecule has 5 nitrogen and oxygen atoms in total. The lowest BCUT2D eigenvalue weighted by molar-refractivity contribution is 0.0773. The fourth-order valence-corrected chi connectivity index (χ4v) is 4.45. The predicted molar refractivity (Wildman–Crippen MR) is 117 cm³/mol. The molecule has 6 heteroatoms. The Morgan fingerprint density at radius 3 is 2.44 bits per heavy atom. The summed E-state index contributed by atoms with van der Waals surface area (Å²) in [5, 5.41) is 6.81. The molecule has 1 aliphatic heterocycles. The quantitative estimate of drug-likeness (QED) is 0.527. The number of carbonyl (C=O) groups excluding carboxylic acids is 1. The molecule has 1 saturated heterocycles. The Morgan fingerprint density at radius 1 is 1.19 bits per heavy atom. The third kappa shape index (κ3) is 6.45. The topological polar surface area (TPSA) is 56.7 Å². The lowest BCUT2D eigenvalue weighted by Gasteiger charge is -2.24. The van der Waals surface area contributed by atoms with Crippen molar-refractivity contribution in [3.8, 4) is 0 Å². The van der Waals surface area contributed by atoms with E-state index in [0.717, 1.165) is 43.3 Å². The zero-order valence-electron chi connectivity index (χ0n) is 17.2. The summed E-state index contributed by atoms with van der Waals surface area (Å²) < 4.78 is 0.308. The molecule has 0 spiro atoms. The molecule has 0 aromatic heterocycles. The molecule has 0 radical (unpaired) electrons. The molecule has 1 aliphatic rings. The number of hydrogen-bond donors (Lipinski definition) is 2. The molecule has 2 rings (SSSR count). The lowest BCUT2D eigenvalue weighted by atomic mass is 10.1. The normalized spacial score (nSPS) is 19.8. The molecule has 1 unspecified atom stereocenters. The van der Waals surface area contributed by atoms with Crippen molar-refractivity contribution in [1.29, 1.82) is 0 Å². The van der Waals surface area contributed by atoms with Gasteiger partial charge in [-0.3, -0.25) is 4.79 Å². The zero-order chi connectivity index (χ0) is 19.7. The summed E-state index contributed by atoms with van der Waals surface area (Å²) in [4.78, 5) is 18.9. The Morgan fingerprint density at radius 2 is 1.89 bits per heavy atom. The van der Waals surface area contributed by atoms with Gasteiger partial charge in [0.1, 0.15) is 0 Å². The summed E-state index contributed by atoms with van der Waals surface area (Å²) in [5.74, 6) is 2.20. The number of hydrogen-bond acceptors (Lipinski definition) is 3. The van der Waals surface area contributed by atoms with Crippen LogP contribution in [0.2, 0.25) is 0 Å². The van der Waals surface area contributed by atoms with Crippen LogP contribution >= 0.6 is 11.8 Å². The predicted octanol–water partition coefficient (Wildman–Crippen LogP) is 3.51. The third-order valence-electron chi connectivity index (χ3n) is 4.95. The monoisotopic (exact) mass is 390 g/mol. The molecule has 1 aromatic carbocycles. The first kappa shape index (κ1) is 21.6. The van der Waals surface area contributed by atoms with Crippen molar-refractivity contribution in [3.05, 3.63) is 35.4 Å². The maximum absolute atomic E-state index is 12.4. The number of nitrogens with zero attached hydrogens (tertiary/aromatic N) is 2. The molecule has 2 N–H and O–H groups in total. The maximum atomic E-state index is 12.4. The fourth-order valence-electron chi connectivity index (χ4n) is 3.21. The van der Waals surface area contributed by atoms with Gasteiger partial charge in [-0.15, -0.1) is 0 Å². The molecule has 0 aliphatic carbocycles. The van der Waals surface area contributed by atoms with E-state index in [1.165, 1.54) is 18.6 Å². The van der Waals surface area contributed by atoms with Crippen LogP contribution in [0.3, 0.4) is 0 Å². The van der Waals surface area contributed by atoms with E-state index < -0.39 is 0 Å². The molecule has 1 aromatic rings. The minimum Gasteiger partial charge on any atom is -0.357 e. The van der Waals surface area contributed by atoms with Gasteiger partial charge in [0.05, 0.1) is 6.54 Å². The first-order valence-electron chi connectivity index (χ1n) is 10.1. The van der Waals surface area contributed by atoms with Crippen molar-refractivity contribution in [1.82, 2.24) is 15.5 Å². The number of benzene rings is 1. The second-order valence-corrected chi connectivity index (χ2v) is 8.81. The van der Waals surface area contributed by atoms with Crippen LogP contribution < -0.4 is 10.6 Å².